The Morgan fingerprint density at radius 1 is 1.19 bits per heavy atom. The van der Waals surface area contributed by atoms with Crippen LogP contribution >= 0.6 is 0 Å². The van der Waals surface area contributed by atoms with E-state index in [1.54, 1.807) is 0 Å². The van der Waals surface area contributed by atoms with Crippen LogP contribution < -0.4 is 5.32 Å². The van der Waals surface area contributed by atoms with Crippen molar-refractivity contribution < 1.29 is 9.53 Å². The van der Waals surface area contributed by atoms with E-state index < -0.39 is 0 Å². The minimum Gasteiger partial charge on any atom is -0.466 e. The number of carbonyl (C=O) groups is 1. The molecule has 3 heteroatoms. The van der Waals surface area contributed by atoms with Crippen molar-refractivity contribution in [2.75, 3.05) is 19.7 Å². The second-order valence-corrected chi connectivity index (χ2v) is 7.10. The molecule has 0 heterocycles. The third kappa shape index (κ3) is 7.85. The molecule has 1 N–H and O–H groups in total. The maximum Gasteiger partial charge on any atom is 0.305 e. The van der Waals surface area contributed by atoms with Crippen molar-refractivity contribution in [2.45, 2.75) is 78.6 Å². The Morgan fingerprint density at radius 2 is 1.90 bits per heavy atom. The summed E-state index contributed by atoms with van der Waals surface area (Å²) in [5.41, 5.74) is 0.569. The zero-order valence-corrected chi connectivity index (χ0v) is 14.4. The predicted octanol–water partition coefficient (Wildman–Crippen LogP) is 4.31. The topological polar surface area (TPSA) is 38.3 Å². The van der Waals surface area contributed by atoms with Crippen LogP contribution in [0.15, 0.2) is 0 Å². The summed E-state index contributed by atoms with van der Waals surface area (Å²) in [6.07, 6.45) is 10.8. The van der Waals surface area contributed by atoms with Crippen LogP contribution in [0.2, 0.25) is 0 Å². The normalized spacial score (nSPS) is 17.3. The van der Waals surface area contributed by atoms with Crippen LogP contribution in [0.1, 0.15) is 78.6 Å². The minimum atomic E-state index is -0.0488. The molecule has 1 rings (SSSR count). The fraction of sp³-hybridized carbons (Fsp3) is 0.944. The smallest absolute Gasteiger partial charge is 0.305 e. The fourth-order valence-corrected chi connectivity index (χ4v) is 3.73. The molecule has 0 unspecified atom stereocenters. The van der Waals surface area contributed by atoms with Crippen molar-refractivity contribution in [3.8, 4) is 0 Å². The lowest BCUT2D eigenvalue weighted by Crippen LogP contribution is -2.33. The van der Waals surface area contributed by atoms with Crippen LogP contribution in [0.4, 0.5) is 0 Å². The molecule has 21 heavy (non-hydrogen) atoms. The molecule has 3 nitrogen and oxygen atoms in total. The van der Waals surface area contributed by atoms with Gasteiger partial charge in [0.2, 0.25) is 0 Å². The lowest BCUT2D eigenvalue weighted by molar-refractivity contribution is -0.143. The Kier molecular flexibility index (Phi) is 8.98. The summed E-state index contributed by atoms with van der Waals surface area (Å²) < 4.78 is 4.93. The first-order valence-electron chi connectivity index (χ1n) is 8.94. The third-order valence-corrected chi connectivity index (χ3v) is 4.55. The van der Waals surface area contributed by atoms with Crippen LogP contribution in [0, 0.1) is 11.3 Å². The van der Waals surface area contributed by atoms with Gasteiger partial charge in [-0.05, 0) is 56.9 Å². The number of rotatable bonds is 11. The van der Waals surface area contributed by atoms with Gasteiger partial charge in [0.05, 0.1) is 6.61 Å². The monoisotopic (exact) mass is 297 g/mol. The number of hydrogen-bond donors (Lipinski definition) is 1. The van der Waals surface area contributed by atoms with Gasteiger partial charge < -0.3 is 10.1 Å². The minimum absolute atomic E-state index is 0.0488. The van der Waals surface area contributed by atoms with Gasteiger partial charge in [-0.1, -0.05) is 33.1 Å². The van der Waals surface area contributed by atoms with Gasteiger partial charge in [0.25, 0.3) is 0 Å². The summed E-state index contributed by atoms with van der Waals surface area (Å²) in [5, 5.41) is 3.67. The molecule has 0 aromatic rings. The number of unbranched alkanes of at least 4 members (excludes halogenated alkanes) is 2. The molecule has 0 bridgehead atoms. The molecule has 0 amide bonds. The molecule has 0 aliphatic heterocycles. The number of nitrogens with one attached hydrogen (secondary N) is 1. The van der Waals surface area contributed by atoms with Crippen molar-refractivity contribution in [2.24, 2.45) is 11.3 Å². The van der Waals surface area contributed by atoms with E-state index in [0.717, 1.165) is 31.7 Å². The van der Waals surface area contributed by atoms with E-state index in [0.29, 0.717) is 18.4 Å². The SMILES string of the molecule is CCOC(=O)CCCCCNCC1(CC(C)C)CCCC1. The van der Waals surface area contributed by atoms with Crippen LogP contribution in [0.25, 0.3) is 0 Å². The van der Waals surface area contributed by atoms with Gasteiger partial charge in [-0.2, -0.15) is 0 Å². The summed E-state index contributed by atoms with van der Waals surface area (Å²) in [6.45, 7) is 9.31. The lowest BCUT2D eigenvalue weighted by atomic mass is 9.78. The quantitative estimate of drug-likeness (QED) is 0.456. The van der Waals surface area contributed by atoms with Gasteiger partial charge in [0, 0.05) is 13.0 Å². The predicted molar refractivity (Wildman–Crippen MR) is 88.3 cm³/mol. The zero-order chi connectivity index (χ0) is 15.6. The molecule has 0 aromatic heterocycles. The van der Waals surface area contributed by atoms with Crippen LogP contribution in [-0.2, 0) is 9.53 Å². The average Bonchev–Trinajstić information content (AvgIpc) is 2.86. The Bertz CT molecular complexity index is 283. The summed E-state index contributed by atoms with van der Waals surface area (Å²) >= 11 is 0. The number of carbonyl (C=O) groups excluding carboxylic acids is 1. The van der Waals surface area contributed by atoms with E-state index in [9.17, 15) is 4.79 Å². The molecule has 1 aliphatic carbocycles. The summed E-state index contributed by atoms with van der Waals surface area (Å²) in [7, 11) is 0. The van der Waals surface area contributed by atoms with Gasteiger partial charge in [0.1, 0.15) is 0 Å². The van der Waals surface area contributed by atoms with Gasteiger partial charge in [-0.3, -0.25) is 4.79 Å². The van der Waals surface area contributed by atoms with Gasteiger partial charge >= 0.3 is 5.97 Å². The highest BCUT2D eigenvalue weighted by atomic mass is 16.5. The molecule has 0 radical (unpaired) electrons. The molecule has 1 aliphatic rings. The fourth-order valence-electron chi connectivity index (χ4n) is 3.73. The van der Waals surface area contributed by atoms with E-state index in [1.807, 2.05) is 6.92 Å². The molecule has 1 fully saturated rings. The van der Waals surface area contributed by atoms with Crippen LogP contribution in [0.3, 0.4) is 0 Å². The average molecular weight is 297 g/mol. The molecule has 0 spiro atoms. The molecule has 124 valence electrons. The van der Waals surface area contributed by atoms with E-state index in [-0.39, 0.29) is 5.97 Å². The van der Waals surface area contributed by atoms with E-state index in [4.69, 9.17) is 4.74 Å². The Morgan fingerprint density at radius 3 is 2.52 bits per heavy atom. The Balaban J connectivity index is 2.05. The first-order valence-corrected chi connectivity index (χ1v) is 8.94. The maximum absolute atomic E-state index is 11.2. The highest BCUT2D eigenvalue weighted by molar-refractivity contribution is 5.69. The van der Waals surface area contributed by atoms with Crippen LogP contribution in [0.5, 0.6) is 0 Å². The molecular weight excluding hydrogens is 262 g/mol. The number of ether oxygens (including phenoxy) is 1. The molecule has 1 saturated carbocycles. The highest BCUT2D eigenvalue weighted by Crippen LogP contribution is 2.42. The first-order chi connectivity index (χ1) is 10.1. The summed E-state index contributed by atoms with van der Waals surface area (Å²) in [5.74, 6) is 0.752. The highest BCUT2D eigenvalue weighted by Gasteiger charge is 2.33. The standard InChI is InChI=1S/C18H35NO2/c1-4-21-17(20)10-6-5-9-13-19-15-18(14-16(2)3)11-7-8-12-18/h16,19H,4-15H2,1-3H3. The van der Waals surface area contributed by atoms with E-state index >= 15 is 0 Å². The maximum atomic E-state index is 11.2. The Labute approximate surface area is 131 Å². The number of hydrogen-bond acceptors (Lipinski definition) is 3. The summed E-state index contributed by atoms with van der Waals surface area (Å²) in [4.78, 5) is 11.2. The van der Waals surface area contributed by atoms with Crippen molar-refractivity contribution in [3.05, 3.63) is 0 Å². The third-order valence-electron chi connectivity index (χ3n) is 4.55. The zero-order valence-electron chi connectivity index (χ0n) is 14.4. The van der Waals surface area contributed by atoms with Gasteiger partial charge in [-0.25, -0.2) is 0 Å². The molecular formula is C18H35NO2. The van der Waals surface area contributed by atoms with Crippen molar-refractivity contribution >= 4 is 5.97 Å². The first kappa shape index (κ1) is 18.5. The summed E-state index contributed by atoms with van der Waals surface area (Å²) in [6, 6.07) is 0. The van der Waals surface area contributed by atoms with Crippen molar-refractivity contribution in [1.82, 2.24) is 5.32 Å². The second-order valence-electron chi connectivity index (χ2n) is 7.10. The van der Waals surface area contributed by atoms with E-state index in [1.165, 1.54) is 38.6 Å². The number of esters is 1. The van der Waals surface area contributed by atoms with Gasteiger partial charge in [0.15, 0.2) is 0 Å². The van der Waals surface area contributed by atoms with Crippen LogP contribution in [-0.4, -0.2) is 25.7 Å². The van der Waals surface area contributed by atoms with Crippen molar-refractivity contribution in [1.29, 1.82) is 0 Å². The Hall–Kier alpha value is -0.570. The largest absolute Gasteiger partial charge is 0.466 e. The van der Waals surface area contributed by atoms with Crippen molar-refractivity contribution in [3.63, 3.8) is 0 Å². The van der Waals surface area contributed by atoms with E-state index in [2.05, 4.69) is 19.2 Å². The molecule has 0 saturated heterocycles. The second kappa shape index (κ2) is 10.2. The molecule has 0 aromatic carbocycles. The lowest BCUT2D eigenvalue weighted by Gasteiger charge is -2.31. The molecule has 0 atom stereocenters. The van der Waals surface area contributed by atoms with Gasteiger partial charge in [-0.15, -0.1) is 0 Å².